The van der Waals surface area contributed by atoms with Gasteiger partial charge in [0.25, 0.3) is 0 Å². The third-order valence-electron chi connectivity index (χ3n) is 3.95. The van der Waals surface area contributed by atoms with Gasteiger partial charge in [-0.25, -0.2) is 9.49 Å². The van der Waals surface area contributed by atoms with Gasteiger partial charge in [-0.15, -0.1) is 4.52 Å². The Kier molecular flexibility index (Phi) is 4.26. The molecule has 0 aliphatic carbocycles. The Hall–Kier alpha value is -3.00. The highest BCUT2D eigenvalue weighted by atomic mass is 79.9. The average molecular weight is 415 g/mol. The number of aromatic nitrogens is 4. The summed E-state index contributed by atoms with van der Waals surface area (Å²) in [6.45, 7) is 0.433. The van der Waals surface area contributed by atoms with Crippen molar-refractivity contribution in [3.8, 4) is 11.3 Å². The van der Waals surface area contributed by atoms with E-state index in [4.69, 9.17) is 0 Å². The summed E-state index contributed by atoms with van der Waals surface area (Å²) in [6.07, 6.45) is 4.69. The second-order valence-electron chi connectivity index (χ2n) is 5.71. The molecule has 0 bridgehead atoms. The zero-order chi connectivity index (χ0) is 18.1. The monoisotopic (exact) mass is 414 g/mol. The molecule has 0 aliphatic rings. The van der Waals surface area contributed by atoms with Crippen molar-refractivity contribution in [3.63, 3.8) is 0 Å². The van der Waals surface area contributed by atoms with Crippen LogP contribution in [-0.4, -0.2) is 10.1 Å². The van der Waals surface area contributed by atoms with Crippen molar-refractivity contribution in [2.45, 2.75) is 6.54 Å². The van der Waals surface area contributed by atoms with Crippen LogP contribution in [0.25, 0.3) is 16.9 Å². The van der Waals surface area contributed by atoms with Gasteiger partial charge >= 0.3 is 5.65 Å². The van der Waals surface area contributed by atoms with E-state index in [0.29, 0.717) is 29.3 Å². The quantitative estimate of drug-likeness (QED) is 0.398. The van der Waals surface area contributed by atoms with Crippen LogP contribution in [0.15, 0.2) is 65.5 Å². The van der Waals surface area contributed by atoms with Crippen LogP contribution in [0.3, 0.4) is 0 Å². The first-order valence-corrected chi connectivity index (χ1v) is 8.67. The minimum atomic E-state index is -0.336. The predicted molar refractivity (Wildman–Crippen MR) is 97.6 cm³/mol. The Morgan fingerprint density at radius 2 is 2.08 bits per heavy atom. The summed E-state index contributed by atoms with van der Waals surface area (Å²) in [5, 5.41) is 17.8. The highest BCUT2D eigenvalue weighted by Gasteiger charge is 2.20. The topological polar surface area (TPSA) is 71.8 Å². The number of halogens is 2. The fraction of sp³-hybridized carbons (Fsp3) is 0.0556. The number of H-pyrrole nitrogens is 1. The average Bonchev–Trinajstić information content (AvgIpc) is 3.01. The highest BCUT2D eigenvalue weighted by molar-refractivity contribution is 9.10. The molecule has 26 heavy (non-hydrogen) atoms. The summed E-state index contributed by atoms with van der Waals surface area (Å²) in [5.41, 5.74) is 2.38. The molecule has 8 heteroatoms. The van der Waals surface area contributed by atoms with Gasteiger partial charge in [-0.2, -0.15) is 4.73 Å². The van der Waals surface area contributed by atoms with Gasteiger partial charge in [-0.3, -0.25) is 5.32 Å². The lowest BCUT2D eigenvalue weighted by Gasteiger charge is -2.05. The molecule has 0 saturated heterocycles. The van der Waals surface area contributed by atoms with Crippen LogP contribution in [0.4, 0.5) is 10.2 Å². The zero-order valence-electron chi connectivity index (χ0n) is 13.5. The third kappa shape index (κ3) is 3.11. The Bertz CT molecular complexity index is 1100. The van der Waals surface area contributed by atoms with Crippen LogP contribution < -0.4 is 14.6 Å². The van der Waals surface area contributed by atoms with E-state index in [0.717, 1.165) is 14.8 Å². The zero-order valence-corrected chi connectivity index (χ0v) is 15.1. The van der Waals surface area contributed by atoms with Crippen molar-refractivity contribution in [2.75, 3.05) is 5.32 Å². The third-order valence-corrected chi connectivity index (χ3v) is 4.53. The van der Waals surface area contributed by atoms with E-state index < -0.39 is 0 Å². The van der Waals surface area contributed by atoms with Gasteiger partial charge in [0.15, 0.2) is 18.1 Å². The maximum absolute atomic E-state index is 14.2. The van der Waals surface area contributed by atoms with Crippen molar-refractivity contribution in [1.82, 2.24) is 10.1 Å². The van der Waals surface area contributed by atoms with Crippen LogP contribution in [0.2, 0.25) is 0 Å². The molecule has 2 N–H and O–H groups in total. The number of fused-ring (bicyclic) bond motifs is 1. The molecule has 3 aromatic heterocycles. The van der Waals surface area contributed by atoms with Crippen LogP contribution >= 0.6 is 15.9 Å². The number of nitrogens with zero attached hydrogens (tertiary/aromatic N) is 3. The number of pyridine rings is 1. The van der Waals surface area contributed by atoms with Crippen molar-refractivity contribution in [1.29, 1.82) is 0 Å². The van der Waals surface area contributed by atoms with Crippen LogP contribution in [0.1, 0.15) is 5.56 Å². The molecule has 0 amide bonds. The standard InChI is InChI=1S/C18H13BrFN5O/c19-14-10-22-25-17(21-9-12-4-3-7-24(26)11-12)8-16(23-18(14)25)13-5-1-2-6-15(13)20/h1-8,10-11H,9H2,(H,21,22,23)/p+1. The summed E-state index contributed by atoms with van der Waals surface area (Å²) in [5.74, 6) is 0.359. The van der Waals surface area contributed by atoms with E-state index in [1.54, 1.807) is 41.0 Å². The first-order chi connectivity index (χ1) is 12.6. The molecular weight excluding hydrogens is 401 g/mol. The van der Waals surface area contributed by atoms with Crippen LogP contribution in [0, 0.1) is 11.0 Å². The Morgan fingerprint density at radius 1 is 1.23 bits per heavy atom. The summed E-state index contributed by atoms with van der Waals surface area (Å²) in [6, 6.07) is 11.8. The fourth-order valence-electron chi connectivity index (χ4n) is 2.72. The summed E-state index contributed by atoms with van der Waals surface area (Å²) in [4.78, 5) is 4.55. The predicted octanol–water partition coefficient (Wildman–Crippen LogP) is 2.96. The van der Waals surface area contributed by atoms with Gasteiger partial charge in [0, 0.05) is 6.07 Å². The van der Waals surface area contributed by atoms with Gasteiger partial charge in [-0.05, 0) is 34.1 Å². The first-order valence-electron chi connectivity index (χ1n) is 7.88. The van der Waals surface area contributed by atoms with Gasteiger partial charge in [0.1, 0.15) is 10.3 Å². The van der Waals surface area contributed by atoms with E-state index in [1.807, 2.05) is 6.07 Å². The molecule has 0 aliphatic heterocycles. The van der Waals surface area contributed by atoms with E-state index in [1.165, 1.54) is 18.5 Å². The smallest absolute Gasteiger partial charge is 0.301 e. The number of nitrogens with one attached hydrogen (secondary N) is 2. The van der Waals surface area contributed by atoms with Crippen LogP contribution in [-0.2, 0) is 6.54 Å². The minimum absolute atomic E-state index is 0.336. The van der Waals surface area contributed by atoms with E-state index in [-0.39, 0.29) is 5.82 Å². The molecule has 3 heterocycles. The number of hydrogen-bond donors (Lipinski definition) is 2. The van der Waals surface area contributed by atoms with Gasteiger partial charge in [-0.1, -0.05) is 17.1 Å². The summed E-state index contributed by atoms with van der Waals surface area (Å²) in [7, 11) is 0. The molecule has 0 unspecified atom stereocenters. The second-order valence-corrected chi connectivity index (χ2v) is 6.57. The van der Waals surface area contributed by atoms with Gasteiger partial charge in [0.05, 0.1) is 29.9 Å². The lowest BCUT2D eigenvalue weighted by atomic mass is 10.1. The summed E-state index contributed by atoms with van der Waals surface area (Å²) < 4.78 is 17.5. The normalized spacial score (nSPS) is 11.0. The molecule has 0 fully saturated rings. The maximum atomic E-state index is 14.2. The summed E-state index contributed by atoms with van der Waals surface area (Å²) >= 11 is 3.45. The lowest BCUT2D eigenvalue weighted by Crippen LogP contribution is -2.30. The number of rotatable bonds is 4. The molecule has 4 aromatic rings. The fourth-order valence-corrected chi connectivity index (χ4v) is 3.08. The second kappa shape index (κ2) is 6.72. The van der Waals surface area contributed by atoms with Crippen LogP contribution in [0.5, 0.6) is 0 Å². The Balaban J connectivity index is 1.77. The van der Waals surface area contributed by atoms with Crippen molar-refractivity contribution >= 4 is 27.4 Å². The molecule has 0 saturated carbocycles. The van der Waals surface area contributed by atoms with Crippen molar-refractivity contribution < 1.29 is 13.6 Å². The maximum Gasteiger partial charge on any atom is 0.301 e. The van der Waals surface area contributed by atoms with Crippen molar-refractivity contribution in [2.24, 2.45) is 0 Å². The van der Waals surface area contributed by atoms with E-state index in [9.17, 15) is 9.60 Å². The largest absolute Gasteiger partial charge is 0.619 e. The number of benzene rings is 1. The molecular formula is C18H14BrFN5O+. The lowest BCUT2D eigenvalue weighted by molar-refractivity contribution is -0.605. The van der Waals surface area contributed by atoms with E-state index >= 15 is 0 Å². The highest BCUT2D eigenvalue weighted by Crippen LogP contribution is 2.24. The van der Waals surface area contributed by atoms with Gasteiger partial charge in [0.2, 0.25) is 5.82 Å². The Labute approximate surface area is 156 Å². The minimum Gasteiger partial charge on any atom is -0.619 e. The molecule has 130 valence electrons. The SMILES string of the molecule is [O-][n+]1cccc(CNc2cc(-c3ccccc3F)nc3c(Br)c[nH][n+]23)c1. The Morgan fingerprint density at radius 3 is 2.88 bits per heavy atom. The molecule has 4 rings (SSSR count). The molecule has 0 spiro atoms. The number of anilines is 1. The molecule has 6 nitrogen and oxygen atoms in total. The van der Waals surface area contributed by atoms with Gasteiger partial charge < -0.3 is 5.21 Å². The number of hydrogen-bond acceptors (Lipinski definition) is 3. The molecule has 0 atom stereocenters. The van der Waals surface area contributed by atoms with Crippen molar-refractivity contribution in [3.05, 3.63) is 82.1 Å². The van der Waals surface area contributed by atoms with E-state index in [2.05, 4.69) is 31.3 Å². The number of aromatic amines is 1. The first kappa shape index (κ1) is 16.5. The molecule has 1 aromatic carbocycles. The molecule has 0 radical (unpaired) electrons.